The van der Waals surface area contributed by atoms with Crippen LogP contribution < -0.4 is 4.74 Å². The van der Waals surface area contributed by atoms with Gasteiger partial charge in [0.05, 0.1) is 9.50 Å². The molecule has 2 rings (SSSR count). The summed E-state index contributed by atoms with van der Waals surface area (Å²) in [6.45, 7) is 0. The molecule has 16 heavy (non-hydrogen) atoms. The molecule has 1 heterocycles. The van der Waals surface area contributed by atoms with Crippen molar-refractivity contribution in [1.82, 2.24) is 4.98 Å². The van der Waals surface area contributed by atoms with Crippen LogP contribution in [0.25, 0.3) is 0 Å². The minimum Gasteiger partial charge on any atom is -0.438 e. The number of pyridine rings is 1. The van der Waals surface area contributed by atoms with Gasteiger partial charge in [0.25, 0.3) is 0 Å². The molecule has 82 valence electrons. The molecular weight excluding hydrogens is 296 g/mol. The van der Waals surface area contributed by atoms with Crippen molar-refractivity contribution in [2.45, 2.75) is 0 Å². The molecule has 0 aliphatic carbocycles. The predicted octanol–water partition coefficient (Wildman–Crippen LogP) is 4.43. The number of benzene rings is 1. The van der Waals surface area contributed by atoms with E-state index in [4.69, 9.17) is 16.3 Å². The van der Waals surface area contributed by atoms with E-state index in [1.165, 1.54) is 18.3 Å². The zero-order valence-electron chi connectivity index (χ0n) is 7.95. The largest absolute Gasteiger partial charge is 0.438 e. The highest BCUT2D eigenvalue weighted by molar-refractivity contribution is 9.10. The van der Waals surface area contributed by atoms with Crippen LogP contribution in [0.15, 0.2) is 41.0 Å². The van der Waals surface area contributed by atoms with Crippen LogP contribution in [0, 0.1) is 5.82 Å². The Kier molecular flexibility index (Phi) is 3.41. The minimum atomic E-state index is -0.368. The van der Waals surface area contributed by atoms with Crippen molar-refractivity contribution in [2.24, 2.45) is 0 Å². The number of halogens is 3. The van der Waals surface area contributed by atoms with Crippen LogP contribution in [0.1, 0.15) is 0 Å². The normalized spacial score (nSPS) is 10.2. The number of hydrogen-bond donors (Lipinski definition) is 0. The molecule has 0 aliphatic rings. The van der Waals surface area contributed by atoms with Gasteiger partial charge in [-0.15, -0.1) is 0 Å². The first-order valence-electron chi connectivity index (χ1n) is 4.39. The summed E-state index contributed by atoms with van der Waals surface area (Å²) < 4.78 is 19.0. The fourth-order valence-electron chi connectivity index (χ4n) is 1.09. The van der Waals surface area contributed by atoms with Crippen LogP contribution in [-0.4, -0.2) is 4.98 Å². The van der Waals surface area contributed by atoms with Gasteiger partial charge in [0.2, 0.25) is 5.88 Å². The van der Waals surface area contributed by atoms with Crippen LogP contribution >= 0.6 is 27.5 Å². The average molecular weight is 303 g/mol. The molecule has 0 N–H and O–H groups in total. The quantitative estimate of drug-likeness (QED) is 0.819. The third-order valence-electron chi connectivity index (χ3n) is 1.81. The van der Waals surface area contributed by atoms with Crippen LogP contribution in [0.5, 0.6) is 11.6 Å². The van der Waals surface area contributed by atoms with E-state index in [-0.39, 0.29) is 5.82 Å². The van der Waals surface area contributed by atoms with Crippen LogP contribution in [0.4, 0.5) is 4.39 Å². The van der Waals surface area contributed by atoms with Gasteiger partial charge in [0.15, 0.2) is 0 Å². The number of aromatic nitrogens is 1. The van der Waals surface area contributed by atoms with E-state index in [9.17, 15) is 4.39 Å². The molecule has 0 bridgehead atoms. The maximum atomic E-state index is 13.0. The van der Waals surface area contributed by atoms with Crippen molar-refractivity contribution in [3.05, 3.63) is 51.8 Å². The van der Waals surface area contributed by atoms with Crippen molar-refractivity contribution in [3.63, 3.8) is 0 Å². The molecule has 2 aromatic rings. The highest BCUT2D eigenvalue weighted by Gasteiger charge is 2.05. The van der Waals surface area contributed by atoms with E-state index in [0.29, 0.717) is 21.1 Å². The Bertz CT molecular complexity index is 504. The third-order valence-corrected chi connectivity index (χ3v) is 2.69. The second kappa shape index (κ2) is 4.80. The Labute approximate surface area is 105 Å². The Hall–Kier alpha value is -1.13. The summed E-state index contributed by atoms with van der Waals surface area (Å²) in [6, 6.07) is 7.45. The second-order valence-electron chi connectivity index (χ2n) is 2.99. The summed E-state index contributed by atoms with van der Waals surface area (Å²) >= 11 is 8.94. The molecule has 0 fully saturated rings. The van der Waals surface area contributed by atoms with Crippen LogP contribution in [0.3, 0.4) is 0 Å². The van der Waals surface area contributed by atoms with Crippen molar-refractivity contribution in [3.8, 4) is 11.6 Å². The van der Waals surface area contributed by atoms with E-state index in [0.717, 1.165) is 0 Å². The summed E-state index contributed by atoms with van der Waals surface area (Å²) in [4.78, 5) is 3.95. The molecule has 0 amide bonds. The second-order valence-corrected chi connectivity index (χ2v) is 4.28. The van der Waals surface area contributed by atoms with Crippen molar-refractivity contribution >= 4 is 27.5 Å². The lowest BCUT2D eigenvalue weighted by atomic mass is 10.3. The molecule has 0 saturated heterocycles. The van der Waals surface area contributed by atoms with E-state index in [1.807, 2.05) is 0 Å². The van der Waals surface area contributed by atoms with Crippen molar-refractivity contribution in [1.29, 1.82) is 0 Å². The fourth-order valence-corrected chi connectivity index (χ4v) is 1.53. The fraction of sp³-hybridized carbons (Fsp3) is 0. The van der Waals surface area contributed by atoms with Gasteiger partial charge in [-0.1, -0.05) is 11.6 Å². The third kappa shape index (κ3) is 2.71. The van der Waals surface area contributed by atoms with Crippen molar-refractivity contribution < 1.29 is 9.13 Å². The Morgan fingerprint density at radius 1 is 1.25 bits per heavy atom. The first-order valence-corrected chi connectivity index (χ1v) is 5.57. The van der Waals surface area contributed by atoms with E-state index in [2.05, 4.69) is 20.9 Å². The highest BCUT2D eigenvalue weighted by Crippen LogP contribution is 2.29. The van der Waals surface area contributed by atoms with Gasteiger partial charge in [-0.05, 0) is 34.1 Å². The lowest BCUT2D eigenvalue weighted by Crippen LogP contribution is -1.89. The zero-order chi connectivity index (χ0) is 11.5. The maximum Gasteiger partial charge on any atom is 0.219 e. The van der Waals surface area contributed by atoms with Crippen LogP contribution in [0.2, 0.25) is 5.02 Å². The van der Waals surface area contributed by atoms with E-state index in [1.54, 1.807) is 18.2 Å². The first kappa shape index (κ1) is 11.4. The van der Waals surface area contributed by atoms with Gasteiger partial charge < -0.3 is 4.74 Å². The van der Waals surface area contributed by atoms with Crippen molar-refractivity contribution in [2.75, 3.05) is 0 Å². The van der Waals surface area contributed by atoms with E-state index < -0.39 is 0 Å². The molecule has 0 radical (unpaired) electrons. The van der Waals surface area contributed by atoms with E-state index >= 15 is 0 Å². The standard InChI is InChI=1S/C11H6BrClFNO/c12-9-3-2-8(14)5-10(9)16-11-4-1-7(13)6-15-11/h1-6H. The van der Waals surface area contributed by atoms with Gasteiger partial charge in [-0.2, -0.15) is 0 Å². The Morgan fingerprint density at radius 2 is 2.06 bits per heavy atom. The van der Waals surface area contributed by atoms with Gasteiger partial charge in [0.1, 0.15) is 11.6 Å². The molecule has 1 aromatic heterocycles. The number of ether oxygens (including phenoxy) is 1. The number of nitrogens with zero attached hydrogens (tertiary/aromatic N) is 1. The summed E-state index contributed by atoms with van der Waals surface area (Å²) in [5.74, 6) is 0.359. The lowest BCUT2D eigenvalue weighted by Gasteiger charge is -2.06. The topological polar surface area (TPSA) is 22.1 Å². The lowest BCUT2D eigenvalue weighted by molar-refractivity contribution is 0.455. The first-order chi connectivity index (χ1) is 7.65. The summed E-state index contributed by atoms with van der Waals surface area (Å²) in [7, 11) is 0. The molecule has 5 heteroatoms. The summed E-state index contributed by atoms with van der Waals surface area (Å²) in [5.41, 5.74) is 0. The zero-order valence-corrected chi connectivity index (χ0v) is 10.3. The molecular formula is C11H6BrClFNO. The van der Waals surface area contributed by atoms with Gasteiger partial charge in [0, 0.05) is 18.3 Å². The minimum absolute atomic E-state index is 0.357. The SMILES string of the molecule is Fc1ccc(Br)c(Oc2ccc(Cl)cn2)c1. The molecule has 0 saturated carbocycles. The molecule has 0 unspecified atom stereocenters. The molecule has 1 aromatic carbocycles. The number of hydrogen-bond acceptors (Lipinski definition) is 2. The maximum absolute atomic E-state index is 13.0. The summed E-state index contributed by atoms with van der Waals surface area (Å²) in [6.07, 6.45) is 1.46. The molecule has 0 aliphatic heterocycles. The van der Waals surface area contributed by atoms with Crippen LogP contribution in [-0.2, 0) is 0 Å². The number of rotatable bonds is 2. The van der Waals surface area contributed by atoms with Gasteiger partial charge in [-0.25, -0.2) is 9.37 Å². The average Bonchev–Trinajstić information content (AvgIpc) is 2.27. The Morgan fingerprint density at radius 3 is 2.75 bits per heavy atom. The molecule has 0 spiro atoms. The monoisotopic (exact) mass is 301 g/mol. The molecule has 0 atom stereocenters. The summed E-state index contributed by atoms with van der Waals surface area (Å²) in [5, 5.41) is 0.519. The van der Waals surface area contributed by atoms with Gasteiger partial charge in [-0.3, -0.25) is 0 Å². The predicted molar refractivity (Wildman–Crippen MR) is 63.4 cm³/mol. The smallest absolute Gasteiger partial charge is 0.219 e. The van der Waals surface area contributed by atoms with Gasteiger partial charge >= 0.3 is 0 Å². The Balaban J connectivity index is 2.26. The highest BCUT2D eigenvalue weighted by atomic mass is 79.9. The molecule has 2 nitrogen and oxygen atoms in total.